The molecule has 0 bridgehead atoms. The minimum absolute atomic E-state index is 0.0602. The lowest BCUT2D eigenvalue weighted by Gasteiger charge is -2.05. The van der Waals surface area contributed by atoms with Crippen molar-refractivity contribution < 1.29 is 15.0 Å². The van der Waals surface area contributed by atoms with E-state index in [2.05, 4.69) is 5.10 Å². The number of fused-ring (bicyclic) bond motifs is 3. The molecular formula is C13H12N2O3. The zero-order valence-electron chi connectivity index (χ0n) is 9.63. The van der Waals surface area contributed by atoms with Crippen LogP contribution in [0.15, 0.2) is 24.3 Å². The second kappa shape index (κ2) is 3.96. The van der Waals surface area contributed by atoms with Crippen molar-refractivity contribution in [2.24, 2.45) is 0 Å². The molecule has 0 unspecified atom stereocenters. The molecule has 0 spiro atoms. The Labute approximate surface area is 103 Å². The molecule has 1 aliphatic carbocycles. The summed E-state index contributed by atoms with van der Waals surface area (Å²) in [6.07, 6.45) is 0.596. The van der Waals surface area contributed by atoms with Gasteiger partial charge < -0.3 is 10.2 Å². The zero-order chi connectivity index (χ0) is 12.7. The molecule has 0 saturated carbocycles. The van der Waals surface area contributed by atoms with Crippen LogP contribution in [0.4, 0.5) is 0 Å². The summed E-state index contributed by atoms with van der Waals surface area (Å²) >= 11 is 0. The molecule has 1 aromatic carbocycles. The standard InChI is InChI=1S/C13H12N2O3/c16-6-5-15-12-9-4-2-1-3-8(9)7-10(12)11(14-15)13(17)18/h1-4,16H,5-7H2,(H,17,18). The number of hydrogen-bond donors (Lipinski definition) is 2. The number of hydrogen-bond acceptors (Lipinski definition) is 3. The van der Waals surface area contributed by atoms with Crippen molar-refractivity contribution in [1.82, 2.24) is 9.78 Å². The summed E-state index contributed by atoms with van der Waals surface area (Å²) in [5, 5.41) is 22.3. The number of carboxylic acids is 1. The Morgan fingerprint density at radius 2 is 2.17 bits per heavy atom. The fourth-order valence-electron chi connectivity index (χ4n) is 2.49. The van der Waals surface area contributed by atoms with Crippen LogP contribution in [0.5, 0.6) is 0 Å². The van der Waals surface area contributed by atoms with Crippen molar-refractivity contribution >= 4 is 5.97 Å². The molecule has 2 N–H and O–H groups in total. The van der Waals surface area contributed by atoms with Gasteiger partial charge in [-0.15, -0.1) is 0 Å². The van der Waals surface area contributed by atoms with Gasteiger partial charge in [-0.05, 0) is 5.56 Å². The Bertz CT molecular complexity index is 631. The maximum atomic E-state index is 11.2. The van der Waals surface area contributed by atoms with Crippen molar-refractivity contribution in [2.75, 3.05) is 6.61 Å². The highest BCUT2D eigenvalue weighted by atomic mass is 16.4. The average molecular weight is 244 g/mol. The van der Waals surface area contributed by atoms with Gasteiger partial charge in [-0.3, -0.25) is 4.68 Å². The summed E-state index contributed by atoms with van der Waals surface area (Å²) in [6.45, 7) is 0.249. The van der Waals surface area contributed by atoms with Gasteiger partial charge in [-0.2, -0.15) is 5.10 Å². The number of aliphatic hydroxyl groups excluding tert-OH is 1. The van der Waals surface area contributed by atoms with Crippen LogP contribution in [0.2, 0.25) is 0 Å². The summed E-state index contributed by atoms with van der Waals surface area (Å²) in [7, 11) is 0. The lowest BCUT2D eigenvalue weighted by atomic mass is 10.1. The van der Waals surface area contributed by atoms with Crippen LogP contribution < -0.4 is 0 Å². The molecule has 0 aliphatic heterocycles. The van der Waals surface area contributed by atoms with E-state index < -0.39 is 5.97 Å². The van der Waals surface area contributed by atoms with E-state index in [1.54, 1.807) is 4.68 Å². The molecule has 5 nitrogen and oxygen atoms in total. The van der Waals surface area contributed by atoms with Crippen LogP contribution in [0.1, 0.15) is 21.6 Å². The number of aromatic nitrogens is 2. The van der Waals surface area contributed by atoms with Gasteiger partial charge in [0.2, 0.25) is 0 Å². The second-order valence-electron chi connectivity index (χ2n) is 4.26. The molecular weight excluding hydrogens is 232 g/mol. The van der Waals surface area contributed by atoms with E-state index in [-0.39, 0.29) is 12.3 Å². The molecule has 0 radical (unpaired) electrons. The Morgan fingerprint density at radius 1 is 1.39 bits per heavy atom. The largest absolute Gasteiger partial charge is 0.476 e. The minimum atomic E-state index is -1.02. The quantitative estimate of drug-likeness (QED) is 0.724. The normalized spacial score (nSPS) is 12.3. The van der Waals surface area contributed by atoms with E-state index in [4.69, 9.17) is 5.11 Å². The number of aliphatic hydroxyl groups is 1. The van der Waals surface area contributed by atoms with Crippen molar-refractivity contribution in [3.63, 3.8) is 0 Å². The van der Waals surface area contributed by atoms with Crippen LogP contribution in [-0.4, -0.2) is 32.6 Å². The summed E-state index contributed by atoms with van der Waals surface area (Å²) in [5.41, 5.74) is 3.80. The lowest BCUT2D eigenvalue weighted by Crippen LogP contribution is -2.08. The zero-order valence-corrected chi connectivity index (χ0v) is 9.63. The van der Waals surface area contributed by atoms with Gasteiger partial charge >= 0.3 is 5.97 Å². The van der Waals surface area contributed by atoms with E-state index in [1.165, 1.54) is 0 Å². The van der Waals surface area contributed by atoms with Gasteiger partial charge in [0.15, 0.2) is 5.69 Å². The van der Waals surface area contributed by atoms with Gasteiger partial charge in [-0.25, -0.2) is 4.79 Å². The summed E-state index contributed by atoms with van der Waals surface area (Å²) < 4.78 is 1.59. The number of nitrogens with zero attached hydrogens (tertiary/aromatic N) is 2. The summed E-state index contributed by atoms with van der Waals surface area (Å²) in [4.78, 5) is 11.2. The molecule has 5 heteroatoms. The number of aromatic carboxylic acids is 1. The highest BCUT2D eigenvalue weighted by Gasteiger charge is 2.29. The first-order chi connectivity index (χ1) is 8.72. The molecule has 1 heterocycles. The van der Waals surface area contributed by atoms with Crippen LogP contribution >= 0.6 is 0 Å². The number of carbonyl (C=O) groups is 1. The molecule has 3 rings (SSSR count). The number of benzene rings is 1. The molecule has 0 fully saturated rings. The Hall–Kier alpha value is -2.14. The molecule has 1 aromatic heterocycles. The van der Waals surface area contributed by atoms with Crippen LogP contribution in [0.25, 0.3) is 11.3 Å². The first kappa shape index (κ1) is 11.0. The third-order valence-corrected chi connectivity index (χ3v) is 3.20. The van der Waals surface area contributed by atoms with Gasteiger partial charge in [0.05, 0.1) is 18.8 Å². The second-order valence-corrected chi connectivity index (χ2v) is 4.26. The molecule has 92 valence electrons. The first-order valence-electron chi connectivity index (χ1n) is 5.74. The van der Waals surface area contributed by atoms with E-state index >= 15 is 0 Å². The van der Waals surface area contributed by atoms with Crippen molar-refractivity contribution in [1.29, 1.82) is 0 Å². The van der Waals surface area contributed by atoms with Crippen molar-refractivity contribution in [3.8, 4) is 11.3 Å². The van der Waals surface area contributed by atoms with E-state index in [1.807, 2.05) is 24.3 Å². The van der Waals surface area contributed by atoms with Gasteiger partial charge in [0, 0.05) is 17.5 Å². The number of rotatable bonds is 3. The highest BCUT2D eigenvalue weighted by molar-refractivity contribution is 5.92. The predicted molar refractivity (Wildman–Crippen MR) is 64.5 cm³/mol. The molecule has 1 aliphatic rings. The first-order valence-corrected chi connectivity index (χ1v) is 5.74. The third kappa shape index (κ3) is 1.44. The number of carboxylic acid groups (broad SMARTS) is 1. The highest BCUT2D eigenvalue weighted by Crippen LogP contribution is 2.38. The SMILES string of the molecule is O=C(O)c1nn(CCO)c2c1Cc1ccccc1-2. The Balaban J connectivity index is 2.23. The monoisotopic (exact) mass is 244 g/mol. The van der Waals surface area contributed by atoms with Gasteiger partial charge in [0.25, 0.3) is 0 Å². The van der Waals surface area contributed by atoms with E-state index in [0.29, 0.717) is 13.0 Å². The van der Waals surface area contributed by atoms with Crippen molar-refractivity contribution in [3.05, 3.63) is 41.1 Å². The Kier molecular flexibility index (Phi) is 2.41. The van der Waals surface area contributed by atoms with Crippen LogP contribution in [-0.2, 0) is 13.0 Å². The lowest BCUT2D eigenvalue weighted by molar-refractivity contribution is 0.0688. The average Bonchev–Trinajstić information content (AvgIpc) is 2.87. The molecule has 2 aromatic rings. The van der Waals surface area contributed by atoms with Crippen LogP contribution in [0.3, 0.4) is 0 Å². The van der Waals surface area contributed by atoms with Gasteiger partial charge in [0.1, 0.15) is 0 Å². The smallest absolute Gasteiger partial charge is 0.356 e. The minimum Gasteiger partial charge on any atom is -0.476 e. The molecule has 0 saturated heterocycles. The van der Waals surface area contributed by atoms with Crippen LogP contribution in [0, 0.1) is 0 Å². The predicted octanol–water partition coefficient (Wildman–Crippen LogP) is 1.14. The molecule has 0 atom stereocenters. The van der Waals surface area contributed by atoms with E-state index in [0.717, 1.165) is 22.4 Å². The van der Waals surface area contributed by atoms with E-state index in [9.17, 15) is 9.90 Å². The molecule has 18 heavy (non-hydrogen) atoms. The topological polar surface area (TPSA) is 75.3 Å². The maximum absolute atomic E-state index is 11.2. The fraction of sp³-hybridized carbons (Fsp3) is 0.231. The fourth-order valence-corrected chi connectivity index (χ4v) is 2.49. The molecule has 0 amide bonds. The summed E-state index contributed by atoms with van der Waals surface area (Å²) in [5.74, 6) is -1.02. The maximum Gasteiger partial charge on any atom is 0.356 e. The van der Waals surface area contributed by atoms with Crippen molar-refractivity contribution in [2.45, 2.75) is 13.0 Å². The third-order valence-electron chi connectivity index (χ3n) is 3.20. The van der Waals surface area contributed by atoms with Gasteiger partial charge in [-0.1, -0.05) is 24.3 Å². The Morgan fingerprint density at radius 3 is 2.89 bits per heavy atom. The summed E-state index contributed by atoms with van der Waals surface area (Å²) in [6, 6.07) is 7.81.